The van der Waals surface area contributed by atoms with Gasteiger partial charge in [0.25, 0.3) is 23.4 Å². The first-order chi connectivity index (χ1) is 17.7. The zero-order valence-electron chi connectivity index (χ0n) is 19.7. The fourth-order valence-electron chi connectivity index (χ4n) is 6.04. The van der Waals surface area contributed by atoms with E-state index in [1.54, 1.807) is 37.3 Å². The van der Waals surface area contributed by atoms with Crippen LogP contribution in [0.15, 0.2) is 54.6 Å². The van der Waals surface area contributed by atoms with Gasteiger partial charge in [0.15, 0.2) is 5.78 Å². The lowest BCUT2D eigenvalue weighted by atomic mass is 9.81. The van der Waals surface area contributed by atoms with E-state index in [1.807, 2.05) is 0 Å². The van der Waals surface area contributed by atoms with Crippen molar-refractivity contribution in [2.75, 3.05) is 0 Å². The minimum atomic E-state index is -1.13. The van der Waals surface area contributed by atoms with Gasteiger partial charge >= 0.3 is 0 Å². The quantitative estimate of drug-likeness (QED) is 0.147. The molecule has 37 heavy (non-hydrogen) atoms. The Kier molecular flexibility index (Phi) is 6.78. The molecule has 0 spiro atoms. The molecule has 5 rings (SSSR count). The van der Waals surface area contributed by atoms with Crippen LogP contribution >= 0.6 is 31.9 Å². The molecule has 3 fully saturated rings. The van der Waals surface area contributed by atoms with E-state index < -0.39 is 46.3 Å². The third kappa shape index (κ3) is 4.03. The molecule has 2 saturated carbocycles. The van der Waals surface area contributed by atoms with Crippen molar-refractivity contribution in [3.05, 3.63) is 75.8 Å². The molecule has 3 aliphatic rings. The van der Waals surface area contributed by atoms with Crippen LogP contribution in [0.25, 0.3) is 0 Å². The Balaban J connectivity index is 1.57. The second-order valence-corrected chi connectivity index (χ2v) is 11.7. The number of hydrogen-bond donors (Lipinski definition) is 0. The van der Waals surface area contributed by atoms with Gasteiger partial charge < -0.3 is 0 Å². The molecule has 0 unspecified atom stereocenters. The summed E-state index contributed by atoms with van der Waals surface area (Å²) < 4.78 is 0. The number of fused-ring (bicyclic) bond motifs is 5. The van der Waals surface area contributed by atoms with Gasteiger partial charge in [-0.2, -0.15) is 5.01 Å². The Morgan fingerprint density at radius 1 is 0.973 bits per heavy atom. The first kappa shape index (κ1) is 25.7. The summed E-state index contributed by atoms with van der Waals surface area (Å²) >= 11 is 7.33. The summed E-state index contributed by atoms with van der Waals surface area (Å²) in [5.41, 5.74) is 0.167. The minimum absolute atomic E-state index is 0.0159. The van der Waals surface area contributed by atoms with E-state index in [4.69, 9.17) is 0 Å². The highest BCUT2D eigenvalue weighted by atomic mass is 79.9. The molecule has 2 bridgehead atoms. The number of halogens is 2. The third-order valence-corrected chi connectivity index (χ3v) is 11.0. The van der Waals surface area contributed by atoms with Crippen LogP contribution in [-0.4, -0.2) is 54.1 Å². The second kappa shape index (κ2) is 9.75. The van der Waals surface area contributed by atoms with Crippen LogP contribution in [0.4, 0.5) is 5.69 Å². The molecule has 9 nitrogen and oxygen atoms in total. The van der Waals surface area contributed by atoms with Gasteiger partial charge in [-0.15, -0.1) is 0 Å². The van der Waals surface area contributed by atoms with Crippen LogP contribution < -0.4 is 0 Å². The van der Waals surface area contributed by atoms with Gasteiger partial charge in [0.1, 0.15) is 6.04 Å². The summed E-state index contributed by atoms with van der Waals surface area (Å²) in [5, 5.41) is 13.0. The smallest absolute Gasteiger partial charge is 0.273 e. The van der Waals surface area contributed by atoms with Crippen molar-refractivity contribution in [2.24, 2.45) is 23.7 Å². The summed E-state index contributed by atoms with van der Waals surface area (Å²) in [6.07, 6.45) is 0.872. The number of rotatable bonds is 7. The number of carbonyl (C=O) groups is 4. The van der Waals surface area contributed by atoms with Crippen molar-refractivity contribution >= 4 is 61.1 Å². The van der Waals surface area contributed by atoms with Crippen molar-refractivity contribution in [2.45, 2.75) is 35.5 Å². The molecular weight excluding hydrogens is 610 g/mol. The van der Waals surface area contributed by atoms with Gasteiger partial charge in [-0.05, 0) is 36.8 Å². The predicted molar refractivity (Wildman–Crippen MR) is 140 cm³/mol. The average molecular weight is 633 g/mol. The maximum absolute atomic E-state index is 13.9. The fraction of sp³-hybridized carbons (Fsp3) is 0.385. The number of hydrazine groups is 1. The minimum Gasteiger partial charge on any atom is -0.292 e. The molecule has 2 aromatic carbocycles. The molecule has 0 aromatic heterocycles. The fourth-order valence-corrected chi connectivity index (χ4v) is 7.91. The predicted octanol–water partition coefficient (Wildman–Crippen LogP) is 4.39. The van der Waals surface area contributed by atoms with Crippen molar-refractivity contribution in [3.63, 3.8) is 0 Å². The lowest BCUT2D eigenvalue weighted by molar-refractivity contribution is -0.384. The number of ketones is 1. The molecule has 192 valence electrons. The number of hydrogen-bond acceptors (Lipinski definition) is 6. The number of non-ortho nitro benzene ring substituents is 1. The van der Waals surface area contributed by atoms with Crippen LogP contribution in [0.5, 0.6) is 0 Å². The molecule has 0 N–H and O–H groups in total. The zero-order chi connectivity index (χ0) is 26.6. The van der Waals surface area contributed by atoms with Crippen LogP contribution in [0.1, 0.15) is 40.5 Å². The number of nitro groups is 1. The van der Waals surface area contributed by atoms with Gasteiger partial charge in [-0.3, -0.25) is 29.3 Å². The monoisotopic (exact) mass is 631 g/mol. The normalized spacial score (nSPS) is 28.8. The number of Topliss-reactive ketones (excluding diaryl/α,β-unsaturated/α-hetero) is 1. The van der Waals surface area contributed by atoms with Gasteiger partial charge in [0, 0.05) is 32.9 Å². The standard InChI is InChI=1S/C26H23Br2N3O6/c1-2-18(23(32)13-6-4-3-5-7-13)29(24(33)14-8-10-15(11-9-14)31(36)37)30-25(34)19-16-12-17(20(19)26(30)35)22(28)21(16)27/h3-11,16-22H,2,12H2,1H3/t16-,17-,18-,19-,20-,21+,22+/m1/s1. The summed E-state index contributed by atoms with van der Waals surface area (Å²) in [5.74, 6) is -3.41. The lowest BCUT2D eigenvalue weighted by Gasteiger charge is -2.36. The Morgan fingerprint density at radius 2 is 1.51 bits per heavy atom. The van der Waals surface area contributed by atoms with E-state index in [0.29, 0.717) is 5.56 Å². The van der Waals surface area contributed by atoms with Crippen LogP contribution in [0, 0.1) is 33.8 Å². The Bertz CT molecular complexity index is 1250. The van der Waals surface area contributed by atoms with Crippen LogP contribution in [0.2, 0.25) is 0 Å². The molecule has 3 amide bonds. The summed E-state index contributed by atoms with van der Waals surface area (Å²) in [6.45, 7) is 1.71. The van der Waals surface area contributed by atoms with Crippen molar-refractivity contribution in [1.29, 1.82) is 0 Å². The summed E-state index contributed by atoms with van der Waals surface area (Å²) in [6, 6.07) is 12.2. The second-order valence-electron chi connectivity index (χ2n) is 9.60. The number of nitro benzene ring substituents is 1. The summed E-state index contributed by atoms with van der Waals surface area (Å²) in [4.78, 5) is 65.7. The highest BCUT2D eigenvalue weighted by Gasteiger charge is 2.68. The Hall–Kier alpha value is -2.92. The van der Waals surface area contributed by atoms with Crippen molar-refractivity contribution in [1.82, 2.24) is 10.0 Å². The van der Waals surface area contributed by atoms with Crippen LogP contribution in [0.3, 0.4) is 0 Å². The highest BCUT2D eigenvalue weighted by molar-refractivity contribution is 9.12. The van der Waals surface area contributed by atoms with E-state index in [2.05, 4.69) is 31.9 Å². The molecule has 2 aromatic rings. The van der Waals surface area contributed by atoms with Crippen molar-refractivity contribution < 1.29 is 24.1 Å². The first-order valence-electron chi connectivity index (χ1n) is 12.0. The van der Waals surface area contributed by atoms with Crippen molar-refractivity contribution in [3.8, 4) is 0 Å². The first-order valence-corrected chi connectivity index (χ1v) is 13.8. The van der Waals surface area contributed by atoms with E-state index in [1.165, 1.54) is 24.3 Å². The van der Waals surface area contributed by atoms with E-state index in [0.717, 1.165) is 16.4 Å². The molecular formula is C26H23Br2N3O6. The molecule has 1 saturated heterocycles. The third-order valence-electron chi connectivity index (χ3n) is 7.76. The molecule has 7 atom stereocenters. The number of amides is 3. The maximum atomic E-state index is 13.9. The van der Waals surface area contributed by atoms with E-state index in [9.17, 15) is 29.3 Å². The number of nitrogens with zero attached hydrogens (tertiary/aromatic N) is 3. The molecule has 1 aliphatic heterocycles. The number of alkyl halides is 2. The van der Waals surface area contributed by atoms with Crippen LogP contribution in [-0.2, 0) is 9.59 Å². The number of imide groups is 1. The van der Waals surface area contributed by atoms with Gasteiger partial charge in [0.2, 0.25) is 0 Å². The lowest BCUT2D eigenvalue weighted by Crippen LogP contribution is -2.57. The van der Waals surface area contributed by atoms with E-state index >= 15 is 0 Å². The molecule has 11 heteroatoms. The Morgan fingerprint density at radius 3 is 2.00 bits per heavy atom. The van der Waals surface area contributed by atoms with Gasteiger partial charge in [0.05, 0.1) is 16.8 Å². The topological polar surface area (TPSA) is 118 Å². The van der Waals surface area contributed by atoms with Gasteiger partial charge in [-0.25, -0.2) is 5.01 Å². The maximum Gasteiger partial charge on any atom is 0.273 e. The number of benzene rings is 2. The van der Waals surface area contributed by atoms with E-state index in [-0.39, 0.29) is 39.2 Å². The zero-order valence-corrected chi connectivity index (χ0v) is 22.9. The molecule has 1 heterocycles. The molecule has 0 radical (unpaired) electrons. The molecule has 2 aliphatic carbocycles. The average Bonchev–Trinajstić information content (AvgIpc) is 3.52. The van der Waals surface area contributed by atoms with Gasteiger partial charge in [-0.1, -0.05) is 69.1 Å². The highest BCUT2D eigenvalue weighted by Crippen LogP contribution is 2.60. The number of carbonyl (C=O) groups excluding carboxylic acids is 4. The SMILES string of the molecule is CC[C@H](C(=O)c1ccccc1)N(C(=O)c1ccc([N+](=O)[O-])cc1)N1C(=O)[C@@H]2[C@H]3C[C@@H]([C@H](Br)[C@H]3Br)[C@H]2C1=O. The summed E-state index contributed by atoms with van der Waals surface area (Å²) in [7, 11) is 0. The largest absolute Gasteiger partial charge is 0.292 e. The Labute approximate surface area is 229 Å².